The number of hydrogen-bond donors (Lipinski definition) is 0. The summed E-state index contributed by atoms with van der Waals surface area (Å²) in [5.41, 5.74) is 0. The maximum atomic E-state index is 11.6. The van der Waals surface area contributed by atoms with Gasteiger partial charge in [0, 0.05) is 18.9 Å². The molecule has 0 amide bonds. The number of carbonyl (C=O) groups is 4. The molecule has 1 heterocycles. The Morgan fingerprint density at radius 2 is 1.65 bits per heavy atom. The number of Topliss-reactive ketones (excluding diaryl/α,β-unsaturated/α-hetero) is 2. The molecule has 2 atom stereocenters. The van der Waals surface area contributed by atoms with Crippen LogP contribution in [0.3, 0.4) is 0 Å². The van der Waals surface area contributed by atoms with Crippen molar-refractivity contribution in [2.45, 2.75) is 51.7 Å². The topological polar surface area (TPSA) is 86.7 Å². The fraction of sp³-hybridized carbons (Fsp3) is 0.571. The van der Waals surface area contributed by atoms with Gasteiger partial charge in [-0.3, -0.25) is 14.4 Å². The summed E-state index contributed by atoms with van der Waals surface area (Å²) < 4.78 is 9.99. The number of carbonyl (C=O) groups excluding carboxylic acids is 4. The van der Waals surface area contributed by atoms with Crippen molar-refractivity contribution in [2.75, 3.05) is 0 Å². The van der Waals surface area contributed by atoms with E-state index in [1.807, 2.05) is 0 Å². The quantitative estimate of drug-likeness (QED) is 0.489. The highest BCUT2D eigenvalue weighted by Crippen LogP contribution is 2.07. The third-order valence-corrected chi connectivity index (χ3v) is 2.71. The van der Waals surface area contributed by atoms with Gasteiger partial charge < -0.3 is 9.47 Å². The molecule has 0 radical (unpaired) electrons. The van der Waals surface area contributed by atoms with E-state index in [1.165, 1.54) is 6.08 Å². The molecule has 0 N–H and O–H groups in total. The first kappa shape index (κ1) is 16.1. The molecule has 110 valence electrons. The Kier molecular flexibility index (Phi) is 6.09. The molecule has 20 heavy (non-hydrogen) atoms. The highest BCUT2D eigenvalue weighted by Gasteiger charge is 2.21. The van der Waals surface area contributed by atoms with Gasteiger partial charge in [0.25, 0.3) is 0 Å². The molecule has 1 aliphatic rings. The van der Waals surface area contributed by atoms with Gasteiger partial charge in [-0.1, -0.05) is 6.08 Å². The molecule has 0 fully saturated rings. The summed E-state index contributed by atoms with van der Waals surface area (Å²) in [7, 11) is 0. The standard InChI is InChI=1S/C14H18O6/c1-9-4-3-5-13(17)20-10(2)8-12(16)11(15)6-7-14(18)19-9/h3,5,9-10H,4,6-8H2,1-2H3/b5-3+/t9-,10?/m1/s1. The molecule has 6 nitrogen and oxygen atoms in total. The number of ketones is 2. The highest BCUT2D eigenvalue weighted by molar-refractivity contribution is 6.37. The van der Waals surface area contributed by atoms with Crippen molar-refractivity contribution in [2.24, 2.45) is 0 Å². The highest BCUT2D eigenvalue weighted by atomic mass is 16.5. The smallest absolute Gasteiger partial charge is 0.330 e. The van der Waals surface area contributed by atoms with Crippen LogP contribution in [0.5, 0.6) is 0 Å². The second-order valence-electron chi connectivity index (χ2n) is 4.74. The molecular weight excluding hydrogens is 264 g/mol. The summed E-state index contributed by atoms with van der Waals surface area (Å²) in [4.78, 5) is 45.9. The first-order chi connectivity index (χ1) is 9.38. The van der Waals surface area contributed by atoms with E-state index < -0.39 is 35.7 Å². The molecule has 0 aromatic carbocycles. The molecular formula is C14H18O6. The van der Waals surface area contributed by atoms with Crippen LogP contribution in [0.2, 0.25) is 0 Å². The Morgan fingerprint density at radius 3 is 2.35 bits per heavy atom. The molecule has 1 rings (SSSR count). The van der Waals surface area contributed by atoms with Gasteiger partial charge in [-0.25, -0.2) is 4.79 Å². The van der Waals surface area contributed by atoms with Crippen molar-refractivity contribution < 1.29 is 28.7 Å². The minimum atomic E-state index is -0.670. The molecule has 0 aromatic rings. The second kappa shape index (κ2) is 7.57. The average Bonchev–Trinajstić information content (AvgIpc) is 2.34. The Morgan fingerprint density at radius 1 is 0.950 bits per heavy atom. The van der Waals surface area contributed by atoms with Gasteiger partial charge >= 0.3 is 11.9 Å². The van der Waals surface area contributed by atoms with Crippen LogP contribution in [0.15, 0.2) is 12.2 Å². The number of esters is 2. The molecule has 0 saturated heterocycles. The molecule has 0 spiro atoms. The number of hydrogen-bond acceptors (Lipinski definition) is 6. The van der Waals surface area contributed by atoms with Crippen LogP contribution >= 0.6 is 0 Å². The van der Waals surface area contributed by atoms with Crippen molar-refractivity contribution in [3.63, 3.8) is 0 Å². The van der Waals surface area contributed by atoms with Crippen LogP contribution in [0.1, 0.15) is 39.5 Å². The van der Waals surface area contributed by atoms with Gasteiger partial charge in [-0.15, -0.1) is 0 Å². The first-order valence-corrected chi connectivity index (χ1v) is 6.51. The summed E-state index contributed by atoms with van der Waals surface area (Å²) in [6, 6.07) is 0. The first-order valence-electron chi connectivity index (χ1n) is 6.51. The molecule has 6 heteroatoms. The van der Waals surface area contributed by atoms with E-state index in [0.29, 0.717) is 6.42 Å². The number of ether oxygens (including phenoxy) is 2. The van der Waals surface area contributed by atoms with Gasteiger partial charge in [0.2, 0.25) is 5.78 Å². The summed E-state index contributed by atoms with van der Waals surface area (Å²) in [6.07, 6.45) is 1.60. The van der Waals surface area contributed by atoms with Crippen molar-refractivity contribution in [3.8, 4) is 0 Å². The lowest BCUT2D eigenvalue weighted by molar-refractivity contribution is -0.149. The lowest BCUT2D eigenvalue weighted by atomic mass is 10.1. The number of rotatable bonds is 0. The lowest BCUT2D eigenvalue weighted by Crippen LogP contribution is -2.24. The minimum absolute atomic E-state index is 0.118. The SMILES string of the molecule is CC1CC(=O)C(=O)CCC(=O)O[C@H](C)C/C=C/C(=O)O1. The Labute approximate surface area is 117 Å². The van der Waals surface area contributed by atoms with Gasteiger partial charge in [0.15, 0.2) is 5.78 Å². The molecule has 0 bridgehead atoms. The minimum Gasteiger partial charge on any atom is -0.462 e. The monoisotopic (exact) mass is 282 g/mol. The largest absolute Gasteiger partial charge is 0.462 e. The molecule has 1 aliphatic heterocycles. The van der Waals surface area contributed by atoms with E-state index >= 15 is 0 Å². The van der Waals surface area contributed by atoms with E-state index in [4.69, 9.17) is 9.47 Å². The summed E-state index contributed by atoms with van der Waals surface area (Å²) in [5.74, 6) is -2.41. The zero-order valence-electron chi connectivity index (χ0n) is 11.6. The predicted molar refractivity (Wildman–Crippen MR) is 68.7 cm³/mol. The molecule has 0 aliphatic carbocycles. The van der Waals surface area contributed by atoms with E-state index in [2.05, 4.69) is 0 Å². The maximum absolute atomic E-state index is 11.6. The van der Waals surface area contributed by atoms with E-state index in [0.717, 1.165) is 0 Å². The maximum Gasteiger partial charge on any atom is 0.330 e. The lowest BCUT2D eigenvalue weighted by Gasteiger charge is -2.13. The van der Waals surface area contributed by atoms with Gasteiger partial charge in [0.1, 0.15) is 12.2 Å². The van der Waals surface area contributed by atoms with Crippen LogP contribution in [-0.4, -0.2) is 35.7 Å². The van der Waals surface area contributed by atoms with Crippen molar-refractivity contribution in [1.82, 2.24) is 0 Å². The van der Waals surface area contributed by atoms with Crippen LogP contribution in [0.4, 0.5) is 0 Å². The fourth-order valence-corrected chi connectivity index (χ4v) is 1.70. The van der Waals surface area contributed by atoms with Gasteiger partial charge in [-0.2, -0.15) is 0 Å². The average molecular weight is 282 g/mol. The zero-order chi connectivity index (χ0) is 15.1. The third-order valence-electron chi connectivity index (χ3n) is 2.71. The Balaban J connectivity index is 2.75. The predicted octanol–water partition coefficient (Wildman–Crippen LogP) is 1.12. The van der Waals surface area contributed by atoms with Crippen molar-refractivity contribution >= 4 is 23.5 Å². The van der Waals surface area contributed by atoms with Gasteiger partial charge in [0.05, 0.1) is 12.8 Å². The fourth-order valence-electron chi connectivity index (χ4n) is 1.70. The molecule has 0 saturated carbocycles. The summed E-state index contributed by atoms with van der Waals surface area (Å²) >= 11 is 0. The normalized spacial score (nSPS) is 28.3. The third kappa shape index (κ3) is 5.77. The van der Waals surface area contributed by atoms with E-state index in [-0.39, 0.29) is 19.3 Å². The van der Waals surface area contributed by atoms with Crippen LogP contribution in [-0.2, 0) is 28.7 Å². The molecule has 0 aromatic heterocycles. The Bertz CT molecular complexity index is 437. The van der Waals surface area contributed by atoms with E-state index in [9.17, 15) is 19.2 Å². The second-order valence-corrected chi connectivity index (χ2v) is 4.74. The number of cyclic esters (lactones) is 2. The van der Waals surface area contributed by atoms with Crippen molar-refractivity contribution in [3.05, 3.63) is 12.2 Å². The van der Waals surface area contributed by atoms with Crippen LogP contribution in [0, 0.1) is 0 Å². The van der Waals surface area contributed by atoms with E-state index in [1.54, 1.807) is 19.9 Å². The van der Waals surface area contributed by atoms with Crippen molar-refractivity contribution in [1.29, 1.82) is 0 Å². The Hall–Kier alpha value is -1.98. The summed E-state index contributed by atoms with van der Waals surface area (Å²) in [6.45, 7) is 3.22. The summed E-state index contributed by atoms with van der Waals surface area (Å²) in [5, 5.41) is 0. The van der Waals surface area contributed by atoms with Gasteiger partial charge in [-0.05, 0) is 13.8 Å². The zero-order valence-corrected chi connectivity index (χ0v) is 11.6. The molecule has 1 unspecified atom stereocenters. The van der Waals surface area contributed by atoms with Crippen LogP contribution < -0.4 is 0 Å². The van der Waals surface area contributed by atoms with Crippen LogP contribution in [0.25, 0.3) is 0 Å².